The molecule has 4 N–H and O–H groups in total. The summed E-state index contributed by atoms with van der Waals surface area (Å²) in [4.78, 5) is 50.3. The molecule has 2 atom stereocenters. The molecule has 0 radical (unpaired) electrons. The van der Waals surface area contributed by atoms with Crippen molar-refractivity contribution >= 4 is 23.9 Å². The normalized spacial score (nSPS) is 23.7. The van der Waals surface area contributed by atoms with Crippen LogP contribution in [-0.4, -0.2) is 116 Å². The van der Waals surface area contributed by atoms with Crippen LogP contribution in [0.25, 0.3) is 0 Å². The minimum Gasteiger partial charge on any atom is -0.480 e. The first kappa shape index (κ1) is 23.8. The van der Waals surface area contributed by atoms with Crippen molar-refractivity contribution in [3.05, 3.63) is 0 Å². The Morgan fingerprint density at radius 3 is 1.46 bits per heavy atom. The average molecular weight is 403 g/mol. The van der Waals surface area contributed by atoms with E-state index in [1.54, 1.807) is 16.7 Å². The smallest absolute Gasteiger partial charge is 0.320 e. The fourth-order valence-electron chi connectivity index (χ4n) is 3.56. The van der Waals surface area contributed by atoms with Crippen LogP contribution >= 0.6 is 0 Å². The molecule has 28 heavy (non-hydrogen) atoms. The van der Waals surface area contributed by atoms with Gasteiger partial charge in [-0.2, -0.15) is 0 Å². The molecule has 0 aromatic rings. The Bertz CT molecular complexity index is 565. The third kappa shape index (κ3) is 5.88. The summed E-state index contributed by atoms with van der Waals surface area (Å²) in [6, 6.07) is -1.77. The second-order valence-corrected chi connectivity index (χ2v) is 7.19. The van der Waals surface area contributed by atoms with Crippen molar-refractivity contribution in [2.24, 2.45) is 0 Å². The molecular formula is C17H29N3O8. The van der Waals surface area contributed by atoms with E-state index in [1.807, 2.05) is 0 Å². The summed E-state index contributed by atoms with van der Waals surface area (Å²) in [5.41, 5.74) is -1.04. The minimum atomic E-state index is -1.21. The topological polar surface area (TPSA) is 159 Å². The Labute approximate surface area is 163 Å². The van der Waals surface area contributed by atoms with Crippen molar-refractivity contribution in [2.45, 2.75) is 44.8 Å². The van der Waals surface area contributed by atoms with Crippen LogP contribution in [0.4, 0.5) is 0 Å². The Morgan fingerprint density at radius 1 is 0.857 bits per heavy atom. The molecule has 1 aliphatic rings. The number of hydrogen-bond donors (Lipinski definition) is 4. The van der Waals surface area contributed by atoms with Gasteiger partial charge in [-0.15, -0.1) is 0 Å². The monoisotopic (exact) mass is 403 g/mol. The number of carbonyl (C=O) groups is 4. The SMILES string of the molecule is CCC1(N(CC(=O)O)CC(=O)O)CN(C(C)C(=O)O)CCN(C(C)C(=O)O)C1. The maximum Gasteiger partial charge on any atom is 0.320 e. The number of carboxylic acid groups (broad SMARTS) is 4. The number of nitrogens with zero attached hydrogens (tertiary/aromatic N) is 3. The van der Waals surface area contributed by atoms with Crippen LogP contribution in [0.5, 0.6) is 0 Å². The summed E-state index contributed by atoms with van der Waals surface area (Å²) in [6.07, 6.45) is 0.319. The highest BCUT2D eigenvalue weighted by Gasteiger charge is 2.45. The second kappa shape index (κ2) is 9.80. The van der Waals surface area contributed by atoms with Crippen LogP contribution in [-0.2, 0) is 19.2 Å². The molecule has 0 aliphatic carbocycles. The van der Waals surface area contributed by atoms with Crippen LogP contribution < -0.4 is 0 Å². The molecule has 0 aromatic heterocycles. The second-order valence-electron chi connectivity index (χ2n) is 7.19. The highest BCUT2D eigenvalue weighted by molar-refractivity contribution is 5.74. The Balaban J connectivity index is 3.41. The van der Waals surface area contributed by atoms with Crippen LogP contribution in [0, 0.1) is 0 Å². The Hall–Kier alpha value is -2.24. The van der Waals surface area contributed by atoms with Crippen LogP contribution in [0.3, 0.4) is 0 Å². The third-order valence-corrected chi connectivity index (χ3v) is 5.46. The van der Waals surface area contributed by atoms with Crippen molar-refractivity contribution in [1.82, 2.24) is 14.7 Å². The standard InChI is InChI=1S/C17H29N3O8/c1-4-17(20(7-13(21)22)8-14(23)24)9-18(11(2)15(25)26)5-6-19(10-17)12(3)16(27)28/h11-12H,4-10H2,1-3H3,(H,21,22)(H,23,24)(H,25,26)(H,27,28). The molecule has 11 nitrogen and oxygen atoms in total. The lowest BCUT2D eigenvalue weighted by atomic mass is 9.91. The van der Waals surface area contributed by atoms with E-state index >= 15 is 0 Å². The van der Waals surface area contributed by atoms with E-state index in [4.69, 9.17) is 0 Å². The predicted octanol–water partition coefficient (Wildman–Crippen LogP) is -0.830. The van der Waals surface area contributed by atoms with Gasteiger partial charge in [0.25, 0.3) is 0 Å². The first-order chi connectivity index (χ1) is 12.9. The van der Waals surface area contributed by atoms with Crippen molar-refractivity contribution in [1.29, 1.82) is 0 Å². The molecule has 160 valence electrons. The summed E-state index contributed by atoms with van der Waals surface area (Å²) in [7, 11) is 0. The van der Waals surface area contributed by atoms with Gasteiger partial charge in [-0.05, 0) is 20.3 Å². The molecule has 1 saturated heterocycles. The molecule has 1 fully saturated rings. The molecule has 0 amide bonds. The van der Waals surface area contributed by atoms with E-state index in [-0.39, 0.29) is 26.2 Å². The van der Waals surface area contributed by atoms with Crippen molar-refractivity contribution < 1.29 is 39.6 Å². The van der Waals surface area contributed by atoms with Gasteiger partial charge < -0.3 is 20.4 Å². The van der Waals surface area contributed by atoms with Crippen LogP contribution in [0.1, 0.15) is 27.2 Å². The zero-order valence-electron chi connectivity index (χ0n) is 16.4. The molecule has 11 heteroatoms. The van der Waals surface area contributed by atoms with Crippen molar-refractivity contribution in [3.8, 4) is 0 Å². The molecule has 0 spiro atoms. The maximum atomic E-state index is 11.5. The molecule has 0 saturated carbocycles. The van der Waals surface area contributed by atoms with Gasteiger partial charge in [0.05, 0.1) is 13.1 Å². The van der Waals surface area contributed by atoms with Gasteiger partial charge in [0, 0.05) is 31.7 Å². The van der Waals surface area contributed by atoms with Crippen LogP contribution in [0.2, 0.25) is 0 Å². The lowest BCUT2D eigenvalue weighted by Gasteiger charge is -2.46. The molecule has 1 aliphatic heterocycles. The zero-order valence-corrected chi connectivity index (χ0v) is 16.4. The van der Waals surface area contributed by atoms with Gasteiger partial charge >= 0.3 is 23.9 Å². The van der Waals surface area contributed by atoms with Crippen molar-refractivity contribution in [2.75, 3.05) is 39.3 Å². The van der Waals surface area contributed by atoms with E-state index in [1.165, 1.54) is 18.7 Å². The van der Waals surface area contributed by atoms with Gasteiger partial charge in [-0.1, -0.05) is 6.92 Å². The number of carboxylic acids is 4. The van der Waals surface area contributed by atoms with Gasteiger partial charge in [0.2, 0.25) is 0 Å². The Morgan fingerprint density at radius 2 is 1.21 bits per heavy atom. The summed E-state index contributed by atoms with van der Waals surface area (Å²) >= 11 is 0. The van der Waals surface area contributed by atoms with E-state index in [0.717, 1.165) is 0 Å². The summed E-state index contributed by atoms with van der Waals surface area (Å²) in [6.45, 7) is 4.41. The van der Waals surface area contributed by atoms with Gasteiger partial charge in [-0.25, -0.2) is 0 Å². The van der Waals surface area contributed by atoms with Gasteiger partial charge in [0.15, 0.2) is 0 Å². The average Bonchev–Trinajstić information content (AvgIpc) is 2.79. The van der Waals surface area contributed by atoms with E-state index in [2.05, 4.69) is 0 Å². The van der Waals surface area contributed by atoms with Crippen LogP contribution in [0.15, 0.2) is 0 Å². The third-order valence-electron chi connectivity index (χ3n) is 5.46. The fourth-order valence-corrected chi connectivity index (χ4v) is 3.56. The van der Waals surface area contributed by atoms with E-state index in [0.29, 0.717) is 6.42 Å². The molecule has 1 rings (SSSR count). The highest BCUT2D eigenvalue weighted by Crippen LogP contribution is 2.28. The summed E-state index contributed by atoms with van der Waals surface area (Å²) < 4.78 is 0. The van der Waals surface area contributed by atoms with Gasteiger partial charge in [-0.3, -0.25) is 33.9 Å². The molecule has 0 aromatic carbocycles. The quantitative estimate of drug-likeness (QED) is 0.360. The highest BCUT2D eigenvalue weighted by atomic mass is 16.4. The molecule has 1 heterocycles. The first-order valence-electron chi connectivity index (χ1n) is 9.06. The minimum absolute atomic E-state index is 0.111. The summed E-state index contributed by atoms with van der Waals surface area (Å²) in [5, 5.41) is 37.4. The number of aliphatic carboxylic acids is 4. The number of hydrogen-bond acceptors (Lipinski definition) is 7. The van der Waals surface area contributed by atoms with Crippen molar-refractivity contribution in [3.63, 3.8) is 0 Å². The summed E-state index contributed by atoms with van der Waals surface area (Å²) in [5.74, 6) is -4.55. The fraction of sp³-hybridized carbons (Fsp3) is 0.765. The number of rotatable bonds is 10. The lowest BCUT2D eigenvalue weighted by molar-refractivity contribution is -0.149. The predicted molar refractivity (Wildman–Crippen MR) is 97.2 cm³/mol. The Kier molecular flexibility index (Phi) is 8.33. The van der Waals surface area contributed by atoms with E-state index in [9.17, 15) is 39.6 Å². The van der Waals surface area contributed by atoms with E-state index < -0.39 is 54.6 Å². The lowest BCUT2D eigenvalue weighted by Crippen LogP contribution is -2.63. The largest absolute Gasteiger partial charge is 0.480 e. The van der Waals surface area contributed by atoms with Gasteiger partial charge in [0.1, 0.15) is 12.1 Å². The maximum absolute atomic E-state index is 11.5. The molecular weight excluding hydrogens is 374 g/mol. The zero-order chi connectivity index (χ0) is 21.6. The first-order valence-corrected chi connectivity index (χ1v) is 9.06. The molecule has 2 unspecified atom stereocenters. The molecule has 0 bridgehead atoms.